The van der Waals surface area contributed by atoms with Crippen molar-refractivity contribution in [3.8, 4) is 11.5 Å². The summed E-state index contributed by atoms with van der Waals surface area (Å²) in [6, 6.07) is 13.5. The van der Waals surface area contributed by atoms with E-state index in [1.54, 1.807) is 0 Å². The quantitative estimate of drug-likeness (QED) is 0.906. The fraction of sp³-hybridized carbons (Fsp3) is 0.316. The van der Waals surface area contributed by atoms with Crippen molar-refractivity contribution in [2.45, 2.75) is 26.4 Å². The van der Waals surface area contributed by atoms with E-state index in [1.165, 1.54) is 5.56 Å². The number of hydrogen-bond acceptors (Lipinski definition) is 3. The van der Waals surface area contributed by atoms with Gasteiger partial charge in [-0.15, -0.1) is 0 Å². The second-order valence-electron chi connectivity index (χ2n) is 5.94. The molecule has 0 unspecified atom stereocenters. The van der Waals surface area contributed by atoms with Crippen molar-refractivity contribution in [3.05, 3.63) is 59.2 Å². The number of carbonyl (C=O) groups is 1. The lowest BCUT2D eigenvalue weighted by Crippen LogP contribution is -2.36. The Morgan fingerprint density at radius 3 is 2.54 bits per heavy atom. The minimum absolute atomic E-state index is 0.126. The Morgan fingerprint density at radius 2 is 1.79 bits per heavy atom. The first-order chi connectivity index (χ1) is 11.6. The Morgan fingerprint density at radius 1 is 1.08 bits per heavy atom. The minimum Gasteiger partial charge on any atom is -0.486 e. The van der Waals surface area contributed by atoms with Gasteiger partial charge < -0.3 is 20.1 Å². The van der Waals surface area contributed by atoms with Crippen molar-refractivity contribution in [1.29, 1.82) is 0 Å². The molecule has 2 aromatic carbocycles. The summed E-state index contributed by atoms with van der Waals surface area (Å²) in [7, 11) is 0. The summed E-state index contributed by atoms with van der Waals surface area (Å²) in [6.07, 6.45) is 0. The lowest BCUT2D eigenvalue weighted by atomic mass is 10.1. The van der Waals surface area contributed by atoms with Crippen LogP contribution in [0.2, 0.25) is 0 Å². The highest BCUT2D eigenvalue weighted by molar-refractivity contribution is 5.74. The van der Waals surface area contributed by atoms with Gasteiger partial charge in [0.15, 0.2) is 11.5 Å². The van der Waals surface area contributed by atoms with E-state index in [4.69, 9.17) is 9.47 Å². The second kappa shape index (κ2) is 7.25. The number of nitrogens with one attached hydrogen (secondary N) is 2. The lowest BCUT2D eigenvalue weighted by molar-refractivity contribution is 0.171. The van der Waals surface area contributed by atoms with Crippen LogP contribution in [-0.2, 0) is 6.54 Å². The fourth-order valence-electron chi connectivity index (χ4n) is 2.55. The summed E-state index contributed by atoms with van der Waals surface area (Å²) < 4.78 is 11.1. The van der Waals surface area contributed by atoms with Crippen LogP contribution in [0.4, 0.5) is 4.79 Å². The van der Waals surface area contributed by atoms with Crippen LogP contribution in [0.15, 0.2) is 42.5 Å². The standard InChI is InChI=1S/C19H22N2O3/c1-13-3-5-15(6-4-13)12-20-19(22)21-14(2)16-7-8-17-18(11-16)24-10-9-23-17/h3-8,11,14H,9-10,12H2,1-2H3,(H2,20,21,22)/t14-/m1/s1. The highest BCUT2D eigenvalue weighted by Crippen LogP contribution is 2.32. The number of amides is 2. The van der Waals surface area contributed by atoms with E-state index in [2.05, 4.69) is 10.6 Å². The number of rotatable bonds is 4. The topological polar surface area (TPSA) is 59.6 Å². The van der Waals surface area contributed by atoms with Crippen LogP contribution in [0.3, 0.4) is 0 Å². The molecule has 0 fully saturated rings. The van der Waals surface area contributed by atoms with Gasteiger partial charge in [0.1, 0.15) is 13.2 Å². The minimum atomic E-state index is -0.196. The summed E-state index contributed by atoms with van der Waals surface area (Å²) in [6.45, 7) is 5.60. The van der Waals surface area contributed by atoms with Crippen molar-refractivity contribution in [1.82, 2.24) is 10.6 Å². The van der Waals surface area contributed by atoms with Crippen molar-refractivity contribution in [2.75, 3.05) is 13.2 Å². The van der Waals surface area contributed by atoms with E-state index in [0.29, 0.717) is 19.8 Å². The largest absolute Gasteiger partial charge is 0.486 e. The van der Waals surface area contributed by atoms with Gasteiger partial charge in [-0.2, -0.15) is 0 Å². The van der Waals surface area contributed by atoms with Gasteiger partial charge in [0.05, 0.1) is 6.04 Å². The summed E-state index contributed by atoms with van der Waals surface area (Å²) in [4.78, 5) is 12.1. The van der Waals surface area contributed by atoms with E-state index >= 15 is 0 Å². The molecule has 0 aliphatic carbocycles. The molecule has 0 spiro atoms. The first-order valence-electron chi connectivity index (χ1n) is 8.11. The molecule has 24 heavy (non-hydrogen) atoms. The molecule has 2 N–H and O–H groups in total. The number of carbonyl (C=O) groups excluding carboxylic acids is 1. The first-order valence-corrected chi connectivity index (χ1v) is 8.11. The number of aryl methyl sites for hydroxylation is 1. The SMILES string of the molecule is Cc1ccc(CNC(=O)N[C@H](C)c2ccc3c(c2)OCCO3)cc1. The Kier molecular flexibility index (Phi) is 4.89. The van der Waals surface area contributed by atoms with Gasteiger partial charge in [-0.1, -0.05) is 35.9 Å². The van der Waals surface area contributed by atoms with E-state index < -0.39 is 0 Å². The molecular weight excluding hydrogens is 304 g/mol. The third-order valence-corrected chi connectivity index (χ3v) is 3.99. The number of fused-ring (bicyclic) bond motifs is 1. The average Bonchev–Trinajstić information content (AvgIpc) is 2.61. The maximum absolute atomic E-state index is 12.1. The summed E-state index contributed by atoms with van der Waals surface area (Å²) in [5.74, 6) is 1.48. The van der Waals surface area contributed by atoms with E-state index in [1.807, 2.05) is 56.3 Å². The number of ether oxygens (including phenoxy) is 2. The molecule has 1 aliphatic rings. The van der Waals surface area contributed by atoms with Crippen molar-refractivity contribution >= 4 is 6.03 Å². The third-order valence-electron chi connectivity index (χ3n) is 3.99. The predicted octanol–water partition coefficient (Wildman–Crippen LogP) is 3.33. The molecule has 1 atom stereocenters. The molecule has 3 rings (SSSR count). The van der Waals surface area contributed by atoms with Crippen molar-refractivity contribution < 1.29 is 14.3 Å². The van der Waals surface area contributed by atoms with Gasteiger partial charge in [-0.25, -0.2) is 4.79 Å². The van der Waals surface area contributed by atoms with Gasteiger partial charge in [0.2, 0.25) is 0 Å². The summed E-state index contributed by atoms with van der Waals surface area (Å²) >= 11 is 0. The van der Waals surface area contributed by atoms with Gasteiger partial charge in [-0.05, 0) is 37.1 Å². The highest BCUT2D eigenvalue weighted by atomic mass is 16.6. The zero-order chi connectivity index (χ0) is 16.9. The summed E-state index contributed by atoms with van der Waals surface area (Å²) in [5.41, 5.74) is 3.25. The van der Waals surface area contributed by atoms with E-state index in [9.17, 15) is 4.79 Å². The molecule has 2 aromatic rings. The monoisotopic (exact) mass is 326 g/mol. The molecule has 0 radical (unpaired) electrons. The number of hydrogen-bond donors (Lipinski definition) is 2. The first kappa shape index (κ1) is 16.2. The Hall–Kier alpha value is -2.69. The molecule has 2 amide bonds. The fourth-order valence-corrected chi connectivity index (χ4v) is 2.55. The zero-order valence-electron chi connectivity index (χ0n) is 14.0. The average molecular weight is 326 g/mol. The Balaban J connectivity index is 1.55. The van der Waals surface area contributed by atoms with Gasteiger partial charge >= 0.3 is 6.03 Å². The maximum atomic E-state index is 12.1. The number of benzene rings is 2. The van der Waals surface area contributed by atoms with Gasteiger partial charge in [0, 0.05) is 6.54 Å². The highest BCUT2D eigenvalue weighted by Gasteiger charge is 2.15. The third kappa shape index (κ3) is 3.98. The molecule has 0 bridgehead atoms. The maximum Gasteiger partial charge on any atom is 0.315 e. The lowest BCUT2D eigenvalue weighted by Gasteiger charge is -2.21. The number of urea groups is 1. The molecule has 0 saturated carbocycles. The molecule has 0 saturated heterocycles. The molecule has 1 heterocycles. The Bertz CT molecular complexity index is 713. The van der Waals surface area contributed by atoms with E-state index in [0.717, 1.165) is 22.6 Å². The van der Waals surface area contributed by atoms with Crippen LogP contribution in [0.5, 0.6) is 11.5 Å². The molecule has 5 heteroatoms. The normalized spacial score (nSPS) is 13.9. The summed E-state index contributed by atoms with van der Waals surface area (Å²) in [5, 5.41) is 5.81. The van der Waals surface area contributed by atoms with Crippen molar-refractivity contribution in [3.63, 3.8) is 0 Å². The smallest absolute Gasteiger partial charge is 0.315 e. The predicted molar refractivity (Wildman–Crippen MR) is 92.4 cm³/mol. The van der Waals surface area contributed by atoms with Crippen LogP contribution in [-0.4, -0.2) is 19.2 Å². The second-order valence-corrected chi connectivity index (χ2v) is 5.94. The molecule has 126 valence electrons. The molecule has 0 aromatic heterocycles. The molecular formula is C19H22N2O3. The van der Waals surface area contributed by atoms with Crippen LogP contribution in [0.25, 0.3) is 0 Å². The van der Waals surface area contributed by atoms with Crippen LogP contribution in [0.1, 0.15) is 29.7 Å². The van der Waals surface area contributed by atoms with Crippen LogP contribution >= 0.6 is 0 Å². The van der Waals surface area contributed by atoms with Gasteiger partial charge in [-0.3, -0.25) is 0 Å². The van der Waals surface area contributed by atoms with Crippen LogP contribution in [0, 0.1) is 6.92 Å². The van der Waals surface area contributed by atoms with Gasteiger partial charge in [0.25, 0.3) is 0 Å². The van der Waals surface area contributed by atoms with Crippen molar-refractivity contribution in [2.24, 2.45) is 0 Å². The van der Waals surface area contributed by atoms with E-state index in [-0.39, 0.29) is 12.1 Å². The molecule has 1 aliphatic heterocycles. The molecule has 5 nitrogen and oxygen atoms in total. The zero-order valence-corrected chi connectivity index (χ0v) is 14.0. The Labute approximate surface area is 142 Å². The van der Waals surface area contributed by atoms with Crippen LogP contribution < -0.4 is 20.1 Å².